The molecular weight excluding hydrogens is 535 g/mol. The number of benzene rings is 2. The van der Waals surface area contributed by atoms with Gasteiger partial charge in [0.05, 0.1) is 12.1 Å². The van der Waals surface area contributed by atoms with Gasteiger partial charge in [0.15, 0.2) is 11.5 Å². The number of amides is 3. The van der Waals surface area contributed by atoms with Gasteiger partial charge in [0.2, 0.25) is 12.7 Å². The number of thiophene rings is 1. The van der Waals surface area contributed by atoms with Crippen LogP contribution in [0.25, 0.3) is 0 Å². The van der Waals surface area contributed by atoms with Crippen LogP contribution in [0.15, 0.2) is 60.0 Å². The summed E-state index contributed by atoms with van der Waals surface area (Å²) in [6.45, 7) is 0.956. The molecule has 4 rings (SSSR count). The number of hydrogen-bond donors (Lipinski definition) is 1. The van der Waals surface area contributed by atoms with E-state index in [0.717, 1.165) is 22.6 Å². The zero-order chi connectivity index (χ0) is 27.8. The number of ether oxygens (including phenoxy) is 3. The average molecular weight is 564 g/mol. The molecule has 0 aliphatic carbocycles. The lowest BCUT2D eigenvalue weighted by Gasteiger charge is -2.28. The maximum Gasteiger partial charge on any atom is 0.416 e. The molecule has 0 saturated carbocycles. The number of carbonyl (C=O) groups is 2. The van der Waals surface area contributed by atoms with Gasteiger partial charge in [-0.2, -0.15) is 13.2 Å². The molecule has 8 nitrogen and oxygen atoms in total. The van der Waals surface area contributed by atoms with Crippen molar-refractivity contribution in [2.24, 2.45) is 0 Å². The summed E-state index contributed by atoms with van der Waals surface area (Å²) >= 11 is 1.51. The smallest absolute Gasteiger partial charge is 0.416 e. The highest BCUT2D eigenvalue weighted by molar-refractivity contribution is 7.09. The van der Waals surface area contributed by atoms with Gasteiger partial charge >= 0.3 is 12.2 Å². The van der Waals surface area contributed by atoms with E-state index >= 15 is 0 Å². The second kappa shape index (κ2) is 12.9. The number of halogens is 3. The number of anilines is 1. The van der Waals surface area contributed by atoms with E-state index in [1.165, 1.54) is 35.5 Å². The lowest BCUT2D eigenvalue weighted by molar-refractivity contribution is -0.137. The van der Waals surface area contributed by atoms with Crippen molar-refractivity contribution in [3.63, 3.8) is 0 Å². The van der Waals surface area contributed by atoms with Crippen molar-refractivity contribution in [3.05, 3.63) is 76.0 Å². The fourth-order valence-electron chi connectivity index (χ4n) is 3.97. The van der Waals surface area contributed by atoms with Gasteiger partial charge in [-0.1, -0.05) is 18.2 Å². The Labute approximate surface area is 227 Å². The van der Waals surface area contributed by atoms with Crippen LogP contribution in [-0.4, -0.2) is 55.3 Å². The monoisotopic (exact) mass is 563 g/mol. The zero-order valence-corrected chi connectivity index (χ0v) is 22.0. The second-order valence-corrected chi connectivity index (χ2v) is 9.83. The van der Waals surface area contributed by atoms with Gasteiger partial charge in [-0.05, 0) is 53.8 Å². The third-order valence-electron chi connectivity index (χ3n) is 5.92. The van der Waals surface area contributed by atoms with Crippen LogP contribution in [0.2, 0.25) is 0 Å². The highest BCUT2D eigenvalue weighted by atomic mass is 32.1. The molecule has 1 aliphatic heterocycles. The first-order chi connectivity index (χ1) is 18.7. The van der Waals surface area contributed by atoms with Crippen molar-refractivity contribution >= 4 is 29.0 Å². The molecule has 2 aromatic carbocycles. The summed E-state index contributed by atoms with van der Waals surface area (Å²) in [6, 6.07) is 12.9. The number of urea groups is 1. The molecule has 1 N–H and O–H groups in total. The molecule has 208 valence electrons. The quantitative estimate of drug-likeness (QED) is 0.308. The standard InChI is InChI=1S/C27H28F3N3O5S/c1-36-11-4-10-32(26(35)31-21-6-2-5-20(14-21)27(28,29)30)17-25(34)33(16-22-7-3-12-39-22)15-19-8-9-23-24(13-19)38-18-37-23/h2-3,5-9,12-14H,4,10-11,15-18H2,1H3,(H,31,35). The van der Waals surface area contributed by atoms with Crippen molar-refractivity contribution in [2.75, 3.05) is 38.9 Å². The summed E-state index contributed by atoms with van der Waals surface area (Å²) in [5, 5.41) is 4.41. The highest BCUT2D eigenvalue weighted by Crippen LogP contribution is 2.33. The van der Waals surface area contributed by atoms with Gasteiger partial charge in [-0.15, -0.1) is 11.3 Å². The van der Waals surface area contributed by atoms with Crippen LogP contribution < -0.4 is 14.8 Å². The highest BCUT2D eigenvalue weighted by Gasteiger charge is 2.31. The minimum absolute atomic E-state index is 0.0187. The fourth-order valence-corrected chi connectivity index (χ4v) is 4.69. The number of hydrogen-bond acceptors (Lipinski definition) is 6. The summed E-state index contributed by atoms with van der Waals surface area (Å²) in [5.74, 6) is 0.904. The molecule has 0 atom stereocenters. The minimum Gasteiger partial charge on any atom is -0.454 e. The SMILES string of the molecule is COCCCN(CC(=O)N(Cc1ccc2c(c1)OCO2)Cc1cccs1)C(=O)Nc1cccc(C(F)(F)F)c1. The first-order valence-electron chi connectivity index (χ1n) is 12.1. The molecule has 0 radical (unpaired) electrons. The van der Waals surface area contributed by atoms with Crippen molar-refractivity contribution in [3.8, 4) is 11.5 Å². The zero-order valence-electron chi connectivity index (χ0n) is 21.2. The molecule has 2 heterocycles. The summed E-state index contributed by atoms with van der Waals surface area (Å²) in [6.07, 6.45) is -4.11. The largest absolute Gasteiger partial charge is 0.454 e. The number of alkyl halides is 3. The summed E-state index contributed by atoms with van der Waals surface area (Å²) < 4.78 is 55.3. The Morgan fingerprint density at radius 1 is 1.03 bits per heavy atom. The number of nitrogens with one attached hydrogen (secondary N) is 1. The van der Waals surface area contributed by atoms with E-state index in [2.05, 4.69) is 5.32 Å². The lowest BCUT2D eigenvalue weighted by Crippen LogP contribution is -2.44. The topological polar surface area (TPSA) is 80.3 Å². The number of fused-ring (bicyclic) bond motifs is 1. The molecule has 0 fully saturated rings. The van der Waals surface area contributed by atoms with E-state index in [-0.39, 0.29) is 38.0 Å². The van der Waals surface area contributed by atoms with Gasteiger partial charge < -0.3 is 29.3 Å². The number of carbonyl (C=O) groups excluding carboxylic acids is 2. The molecular formula is C27H28F3N3O5S. The first kappa shape index (κ1) is 28.2. The van der Waals surface area contributed by atoms with Gasteiger partial charge in [-0.3, -0.25) is 4.79 Å². The summed E-state index contributed by atoms with van der Waals surface area (Å²) in [4.78, 5) is 30.6. The van der Waals surface area contributed by atoms with Crippen molar-refractivity contribution in [1.29, 1.82) is 0 Å². The molecule has 0 bridgehead atoms. The minimum atomic E-state index is -4.55. The predicted molar refractivity (Wildman–Crippen MR) is 140 cm³/mol. The fraction of sp³-hybridized carbons (Fsp3) is 0.333. The molecule has 39 heavy (non-hydrogen) atoms. The Morgan fingerprint density at radius 2 is 1.85 bits per heavy atom. The summed E-state index contributed by atoms with van der Waals surface area (Å²) in [7, 11) is 1.52. The molecule has 3 aromatic rings. The van der Waals surface area contributed by atoms with Crippen molar-refractivity contribution < 1.29 is 37.0 Å². The van der Waals surface area contributed by atoms with Crippen LogP contribution >= 0.6 is 11.3 Å². The van der Waals surface area contributed by atoms with Crippen LogP contribution in [0.1, 0.15) is 22.4 Å². The van der Waals surface area contributed by atoms with Crippen LogP contribution in [0.3, 0.4) is 0 Å². The van der Waals surface area contributed by atoms with E-state index in [1.807, 2.05) is 29.6 Å². The van der Waals surface area contributed by atoms with Crippen LogP contribution in [0.5, 0.6) is 11.5 Å². The van der Waals surface area contributed by atoms with Gasteiger partial charge in [0.25, 0.3) is 0 Å². The van der Waals surface area contributed by atoms with Crippen molar-refractivity contribution in [2.45, 2.75) is 25.7 Å². The van der Waals surface area contributed by atoms with Crippen molar-refractivity contribution in [1.82, 2.24) is 9.80 Å². The Bertz CT molecular complexity index is 1270. The second-order valence-electron chi connectivity index (χ2n) is 8.79. The van der Waals surface area contributed by atoms with Gasteiger partial charge in [0.1, 0.15) is 6.54 Å². The van der Waals surface area contributed by atoms with Crippen LogP contribution in [-0.2, 0) is 28.8 Å². The molecule has 0 unspecified atom stereocenters. The average Bonchev–Trinajstić information content (AvgIpc) is 3.59. The molecule has 0 saturated heterocycles. The Hall–Kier alpha value is -3.77. The molecule has 1 aromatic heterocycles. The van der Waals surface area contributed by atoms with E-state index < -0.39 is 17.8 Å². The maximum absolute atomic E-state index is 13.6. The Kier molecular flexibility index (Phi) is 9.31. The molecule has 1 aliphatic rings. The lowest BCUT2D eigenvalue weighted by atomic mass is 10.2. The molecule has 3 amide bonds. The third kappa shape index (κ3) is 7.87. The van der Waals surface area contributed by atoms with E-state index in [0.29, 0.717) is 31.1 Å². The predicted octanol–water partition coefficient (Wildman–Crippen LogP) is 5.60. The van der Waals surface area contributed by atoms with E-state index in [1.54, 1.807) is 11.0 Å². The van der Waals surface area contributed by atoms with E-state index in [4.69, 9.17) is 14.2 Å². The third-order valence-corrected chi connectivity index (χ3v) is 6.78. The van der Waals surface area contributed by atoms with Gasteiger partial charge in [0, 0.05) is 37.4 Å². The van der Waals surface area contributed by atoms with Crippen LogP contribution in [0, 0.1) is 0 Å². The molecule has 12 heteroatoms. The Balaban J connectivity index is 1.50. The van der Waals surface area contributed by atoms with E-state index in [9.17, 15) is 22.8 Å². The van der Waals surface area contributed by atoms with Crippen LogP contribution in [0.4, 0.5) is 23.7 Å². The maximum atomic E-state index is 13.6. The number of rotatable bonds is 11. The number of methoxy groups -OCH3 is 1. The first-order valence-corrected chi connectivity index (χ1v) is 13.0. The molecule has 0 spiro atoms. The normalized spacial score (nSPS) is 12.3. The summed E-state index contributed by atoms with van der Waals surface area (Å²) in [5.41, 5.74) is -0.0773. The Morgan fingerprint density at radius 3 is 2.59 bits per heavy atom. The van der Waals surface area contributed by atoms with Gasteiger partial charge in [-0.25, -0.2) is 4.79 Å². The number of nitrogens with zero attached hydrogens (tertiary/aromatic N) is 2.